The molecule has 1 aliphatic carbocycles. The van der Waals surface area contributed by atoms with Gasteiger partial charge in [-0.3, -0.25) is 9.59 Å². The number of benzene rings is 2. The van der Waals surface area contributed by atoms with Gasteiger partial charge in [0, 0.05) is 38.0 Å². The number of nitrogens with zero attached hydrogens (tertiary/aromatic N) is 2. The molecule has 1 N–H and O–H groups in total. The number of fused-ring (bicyclic) bond motifs is 3. The topological polar surface area (TPSA) is 87.2 Å². The van der Waals surface area contributed by atoms with E-state index in [1.165, 1.54) is 22.3 Å². The SMILES string of the molecule is O=C(O)C1CC(=O)N(C2CCN(C(=O)OCC3c4ccccc4-c4ccccc43)CC2)C1. The van der Waals surface area contributed by atoms with Gasteiger partial charge in [-0.25, -0.2) is 4.79 Å². The molecule has 32 heavy (non-hydrogen) atoms. The fourth-order valence-electron chi connectivity index (χ4n) is 5.30. The van der Waals surface area contributed by atoms with E-state index in [9.17, 15) is 19.5 Å². The van der Waals surface area contributed by atoms with E-state index in [0.29, 0.717) is 25.9 Å². The van der Waals surface area contributed by atoms with E-state index in [1.54, 1.807) is 9.80 Å². The molecule has 3 aliphatic rings. The van der Waals surface area contributed by atoms with Crippen LogP contribution >= 0.6 is 0 Å². The van der Waals surface area contributed by atoms with Gasteiger partial charge in [0.15, 0.2) is 0 Å². The van der Waals surface area contributed by atoms with Crippen LogP contribution in [0.3, 0.4) is 0 Å². The number of piperidine rings is 1. The summed E-state index contributed by atoms with van der Waals surface area (Å²) in [6.45, 7) is 1.56. The summed E-state index contributed by atoms with van der Waals surface area (Å²) in [6, 6.07) is 16.5. The number of carbonyl (C=O) groups excluding carboxylic acids is 2. The van der Waals surface area contributed by atoms with Crippen LogP contribution < -0.4 is 0 Å². The summed E-state index contributed by atoms with van der Waals surface area (Å²) >= 11 is 0. The molecule has 2 saturated heterocycles. The fraction of sp³-hybridized carbons (Fsp3) is 0.400. The second-order valence-corrected chi connectivity index (χ2v) is 8.81. The number of likely N-dealkylation sites (tertiary alicyclic amines) is 2. The Bertz CT molecular complexity index is 1010. The Balaban J connectivity index is 1.18. The van der Waals surface area contributed by atoms with Crippen molar-refractivity contribution in [3.8, 4) is 11.1 Å². The van der Waals surface area contributed by atoms with Gasteiger partial charge in [-0.15, -0.1) is 0 Å². The molecule has 0 radical (unpaired) electrons. The molecule has 2 aromatic rings. The van der Waals surface area contributed by atoms with E-state index in [2.05, 4.69) is 24.3 Å². The van der Waals surface area contributed by atoms with Crippen LogP contribution in [-0.4, -0.2) is 65.2 Å². The van der Waals surface area contributed by atoms with Crippen LogP contribution in [0.2, 0.25) is 0 Å². The molecule has 0 bridgehead atoms. The first kappa shape index (κ1) is 20.5. The molecule has 0 saturated carbocycles. The minimum Gasteiger partial charge on any atom is -0.481 e. The Hall–Kier alpha value is -3.35. The maximum absolute atomic E-state index is 12.8. The molecule has 1 atom stereocenters. The Labute approximate surface area is 186 Å². The summed E-state index contributed by atoms with van der Waals surface area (Å²) < 4.78 is 5.74. The number of carboxylic acid groups (broad SMARTS) is 1. The Morgan fingerprint density at radius 2 is 1.56 bits per heavy atom. The molecular formula is C25H26N2O5. The highest BCUT2D eigenvalue weighted by Crippen LogP contribution is 2.44. The van der Waals surface area contributed by atoms with Gasteiger partial charge in [0.25, 0.3) is 0 Å². The van der Waals surface area contributed by atoms with Gasteiger partial charge in [0.05, 0.1) is 5.92 Å². The Kier molecular flexibility index (Phi) is 5.33. The van der Waals surface area contributed by atoms with Crippen molar-refractivity contribution in [3.05, 3.63) is 59.7 Å². The molecule has 2 amide bonds. The van der Waals surface area contributed by atoms with Crippen LogP contribution in [0.25, 0.3) is 11.1 Å². The quantitative estimate of drug-likeness (QED) is 0.798. The van der Waals surface area contributed by atoms with Crippen molar-refractivity contribution in [2.45, 2.75) is 31.2 Å². The third kappa shape index (κ3) is 3.61. The van der Waals surface area contributed by atoms with Crippen LogP contribution in [0.5, 0.6) is 0 Å². The number of carbonyl (C=O) groups is 3. The summed E-state index contributed by atoms with van der Waals surface area (Å²) in [7, 11) is 0. The van der Waals surface area contributed by atoms with Gasteiger partial charge in [0.2, 0.25) is 5.91 Å². The highest BCUT2D eigenvalue weighted by atomic mass is 16.6. The second-order valence-electron chi connectivity index (χ2n) is 8.81. The Morgan fingerprint density at radius 1 is 0.969 bits per heavy atom. The largest absolute Gasteiger partial charge is 0.481 e. The first-order chi connectivity index (χ1) is 15.5. The second kappa shape index (κ2) is 8.30. The predicted molar refractivity (Wildman–Crippen MR) is 117 cm³/mol. The molecule has 2 aromatic carbocycles. The zero-order chi connectivity index (χ0) is 22.2. The minimum atomic E-state index is -0.920. The van der Waals surface area contributed by atoms with Crippen molar-refractivity contribution >= 4 is 18.0 Å². The van der Waals surface area contributed by atoms with Crippen LogP contribution in [0.4, 0.5) is 4.79 Å². The summed E-state index contributed by atoms with van der Waals surface area (Å²) in [6.07, 6.45) is 1.02. The first-order valence-electron chi connectivity index (χ1n) is 11.1. The zero-order valence-electron chi connectivity index (χ0n) is 17.8. The summed E-state index contributed by atoms with van der Waals surface area (Å²) in [4.78, 5) is 39.6. The van der Waals surface area contributed by atoms with E-state index >= 15 is 0 Å². The summed E-state index contributed by atoms with van der Waals surface area (Å²) in [5, 5.41) is 9.19. The molecule has 2 heterocycles. The number of aliphatic carboxylic acids is 1. The summed E-state index contributed by atoms with van der Waals surface area (Å²) in [5.41, 5.74) is 4.75. The molecule has 2 fully saturated rings. The lowest BCUT2D eigenvalue weighted by molar-refractivity contribution is -0.141. The van der Waals surface area contributed by atoms with Gasteiger partial charge in [-0.2, -0.15) is 0 Å². The van der Waals surface area contributed by atoms with E-state index in [-0.39, 0.29) is 43.5 Å². The molecular weight excluding hydrogens is 408 g/mol. The monoisotopic (exact) mass is 434 g/mol. The lowest BCUT2D eigenvalue weighted by Crippen LogP contribution is -2.47. The molecule has 0 aromatic heterocycles. The van der Waals surface area contributed by atoms with Crippen LogP contribution in [0.1, 0.15) is 36.3 Å². The van der Waals surface area contributed by atoms with Crippen molar-refractivity contribution in [3.63, 3.8) is 0 Å². The molecule has 1 unspecified atom stereocenters. The van der Waals surface area contributed by atoms with Crippen molar-refractivity contribution in [2.24, 2.45) is 5.92 Å². The average molecular weight is 434 g/mol. The van der Waals surface area contributed by atoms with Crippen LogP contribution in [0.15, 0.2) is 48.5 Å². The highest BCUT2D eigenvalue weighted by molar-refractivity contribution is 5.86. The fourth-order valence-corrected chi connectivity index (χ4v) is 5.30. The predicted octanol–water partition coefficient (Wildman–Crippen LogP) is 3.33. The molecule has 2 aliphatic heterocycles. The number of amides is 2. The van der Waals surface area contributed by atoms with Crippen molar-refractivity contribution in [1.29, 1.82) is 0 Å². The van der Waals surface area contributed by atoms with Crippen LogP contribution in [-0.2, 0) is 14.3 Å². The smallest absolute Gasteiger partial charge is 0.409 e. The zero-order valence-corrected chi connectivity index (χ0v) is 17.8. The molecule has 0 spiro atoms. The van der Waals surface area contributed by atoms with Crippen LogP contribution in [0, 0.1) is 5.92 Å². The van der Waals surface area contributed by atoms with Crippen molar-refractivity contribution in [1.82, 2.24) is 9.80 Å². The number of rotatable bonds is 4. The average Bonchev–Trinajstić information content (AvgIpc) is 3.36. The molecule has 166 valence electrons. The number of hydrogen-bond donors (Lipinski definition) is 1. The lowest BCUT2D eigenvalue weighted by Gasteiger charge is -2.36. The third-order valence-corrected chi connectivity index (χ3v) is 7.01. The number of carboxylic acids is 1. The van der Waals surface area contributed by atoms with Gasteiger partial charge in [-0.1, -0.05) is 48.5 Å². The molecule has 5 rings (SSSR count). The first-order valence-corrected chi connectivity index (χ1v) is 11.1. The van der Waals surface area contributed by atoms with Gasteiger partial charge >= 0.3 is 12.1 Å². The maximum atomic E-state index is 12.8. The van der Waals surface area contributed by atoms with E-state index < -0.39 is 11.9 Å². The Morgan fingerprint density at radius 3 is 2.12 bits per heavy atom. The molecule has 7 nitrogen and oxygen atoms in total. The van der Waals surface area contributed by atoms with Gasteiger partial charge < -0.3 is 19.6 Å². The van der Waals surface area contributed by atoms with Crippen molar-refractivity contribution < 1.29 is 24.2 Å². The lowest BCUT2D eigenvalue weighted by atomic mass is 9.98. The number of hydrogen-bond acceptors (Lipinski definition) is 4. The van der Waals surface area contributed by atoms with Crippen molar-refractivity contribution in [2.75, 3.05) is 26.2 Å². The summed E-state index contributed by atoms with van der Waals surface area (Å²) in [5.74, 6) is -1.62. The molecule has 7 heteroatoms. The third-order valence-electron chi connectivity index (χ3n) is 7.01. The van der Waals surface area contributed by atoms with Gasteiger partial charge in [0.1, 0.15) is 6.61 Å². The normalized spacial score (nSPS) is 20.9. The number of ether oxygens (including phenoxy) is 1. The van der Waals surface area contributed by atoms with E-state index in [1.807, 2.05) is 24.3 Å². The van der Waals surface area contributed by atoms with E-state index in [0.717, 1.165) is 0 Å². The highest BCUT2D eigenvalue weighted by Gasteiger charge is 2.39. The standard InChI is InChI=1S/C25H26N2O5/c28-23-13-16(24(29)30)14-27(23)17-9-11-26(12-10-17)25(31)32-15-22-20-7-3-1-5-18(20)19-6-2-4-8-21(19)22/h1-8,16-17,22H,9-15H2,(H,29,30). The van der Waals surface area contributed by atoms with E-state index in [4.69, 9.17) is 4.74 Å². The maximum Gasteiger partial charge on any atom is 0.409 e. The minimum absolute atomic E-state index is 0.00974. The van der Waals surface area contributed by atoms with Gasteiger partial charge in [-0.05, 0) is 35.1 Å².